The topological polar surface area (TPSA) is 76.7 Å². The van der Waals surface area contributed by atoms with Crippen LogP contribution < -0.4 is 20.1 Å². The van der Waals surface area contributed by atoms with Crippen LogP contribution in [0.15, 0.2) is 72.5 Å². The Hall–Kier alpha value is -3.77. The van der Waals surface area contributed by atoms with E-state index in [1.165, 1.54) is 0 Å². The second-order valence-corrected chi connectivity index (χ2v) is 7.46. The van der Waals surface area contributed by atoms with Crippen LogP contribution in [0.5, 0.6) is 11.5 Å². The molecule has 1 aliphatic rings. The van der Waals surface area contributed by atoms with E-state index in [4.69, 9.17) is 21.1 Å². The second-order valence-electron chi connectivity index (χ2n) is 7.06. The monoisotopic (exact) mass is 448 g/mol. The Morgan fingerprint density at radius 3 is 2.66 bits per heavy atom. The minimum absolute atomic E-state index is 0.123. The van der Waals surface area contributed by atoms with E-state index in [1.54, 1.807) is 36.4 Å². The van der Waals surface area contributed by atoms with E-state index in [9.17, 15) is 9.59 Å². The molecule has 0 saturated heterocycles. The number of ether oxygens (including phenoxy) is 2. The van der Waals surface area contributed by atoms with Gasteiger partial charge in [-0.1, -0.05) is 41.9 Å². The lowest BCUT2D eigenvalue weighted by Crippen LogP contribution is -2.25. The molecule has 0 unspecified atom stereocenters. The summed E-state index contributed by atoms with van der Waals surface area (Å²) >= 11 is 6.16. The van der Waals surface area contributed by atoms with Crippen LogP contribution in [0.3, 0.4) is 0 Å². The minimum atomic E-state index is -0.413. The van der Waals surface area contributed by atoms with Crippen molar-refractivity contribution in [2.24, 2.45) is 0 Å². The smallest absolute Gasteiger partial charge is 0.291 e. The summed E-state index contributed by atoms with van der Waals surface area (Å²) in [6.07, 6.45) is 1.58. The molecule has 7 heteroatoms. The first-order valence-electron chi connectivity index (χ1n) is 10.1. The van der Waals surface area contributed by atoms with E-state index in [0.717, 1.165) is 11.3 Å². The van der Waals surface area contributed by atoms with Gasteiger partial charge < -0.3 is 20.1 Å². The third-order valence-corrected chi connectivity index (χ3v) is 5.16. The zero-order chi connectivity index (χ0) is 22.5. The molecule has 0 atom stereocenters. The summed E-state index contributed by atoms with van der Waals surface area (Å²) in [5.41, 5.74) is 2.47. The predicted octanol–water partition coefficient (Wildman–Crippen LogP) is 5.04. The molecule has 0 radical (unpaired) electrons. The lowest BCUT2D eigenvalue weighted by atomic mass is 10.1. The van der Waals surface area contributed by atoms with E-state index in [0.29, 0.717) is 40.7 Å². The molecule has 162 valence electrons. The van der Waals surface area contributed by atoms with E-state index in [2.05, 4.69) is 10.6 Å². The lowest BCUT2D eigenvalue weighted by Gasteiger charge is -2.20. The summed E-state index contributed by atoms with van der Waals surface area (Å²) in [6.45, 7) is 2.90. The molecule has 0 spiro atoms. The average Bonchev–Trinajstić information content (AvgIpc) is 2.80. The number of anilines is 1. The van der Waals surface area contributed by atoms with Crippen LogP contribution >= 0.6 is 11.6 Å². The maximum atomic E-state index is 12.6. The van der Waals surface area contributed by atoms with E-state index in [-0.39, 0.29) is 11.7 Å². The number of rotatable bonds is 6. The summed E-state index contributed by atoms with van der Waals surface area (Å²) < 4.78 is 11.2. The largest absolute Gasteiger partial charge is 0.494 e. The van der Waals surface area contributed by atoms with Crippen LogP contribution in [-0.2, 0) is 11.3 Å². The fourth-order valence-electron chi connectivity index (χ4n) is 3.19. The highest BCUT2D eigenvalue weighted by atomic mass is 35.5. The number of nitrogens with one attached hydrogen (secondary N) is 2. The average molecular weight is 449 g/mol. The molecular formula is C25H21ClN2O4. The Bertz CT molecular complexity index is 1190. The molecule has 0 aromatic heterocycles. The molecule has 4 rings (SSSR count). The predicted molar refractivity (Wildman–Crippen MR) is 124 cm³/mol. The lowest BCUT2D eigenvalue weighted by molar-refractivity contribution is -0.115. The van der Waals surface area contributed by atoms with Gasteiger partial charge >= 0.3 is 0 Å². The Morgan fingerprint density at radius 2 is 1.91 bits per heavy atom. The van der Waals surface area contributed by atoms with Crippen molar-refractivity contribution in [2.45, 2.75) is 13.5 Å². The van der Waals surface area contributed by atoms with Gasteiger partial charge in [-0.2, -0.15) is 0 Å². The standard InChI is InChI=1S/C25H21ClN2O4/c1-2-31-19-10-7-16(8-11-19)15-27-24(29)18-9-12-22-21(13-18)28-25(30)23(32-22)14-17-5-3-4-6-20(17)26/h3-14H,2,15H2,1H3,(H,27,29)(H,28,30). The number of amides is 2. The minimum Gasteiger partial charge on any atom is -0.494 e. The SMILES string of the molecule is CCOc1ccc(CNC(=O)c2ccc3c(c2)NC(=O)C(=Cc2ccccc2Cl)O3)cc1. The molecule has 32 heavy (non-hydrogen) atoms. The molecular weight excluding hydrogens is 428 g/mol. The summed E-state index contributed by atoms with van der Waals surface area (Å²) in [5, 5.41) is 6.16. The molecule has 3 aromatic carbocycles. The Kier molecular flexibility index (Phi) is 6.42. The van der Waals surface area contributed by atoms with Crippen molar-refractivity contribution in [3.63, 3.8) is 0 Å². The molecule has 0 aliphatic carbocycles. The summed E-state index contributed by atoms with van der Waals surface area (Å²) in [5.74, 6) is 0.693. The van der Waals surface area contributed by atoms with Crippen molar-refractivity contribution >= 4 is 35.2 Å². The highest BCUT2D eigenvalue weighted by Crippen LogP contribution is 2.33. The van der Waals surface area contributed by atoms with Gasteiger partial charge in [0.1, 0.15) is 5.75 Å². The van der Waals surface area contributed by atoms with Gasteiger partial charge in [0.15, 0.2) is 11.5 Å². The van der Waals surface area contributed by atoms with Gasteiger partial charge in [0, 0.05) is 17.1 Å². The van der Waals surface area contributed by atoms with Crippen molar-refractivity contribution in [2.75, 3.05) is 11.9 Å². The van der Waals surface area contributed by atoms with Gasteiger partial charge in [0.05, 0.1) is 12.3 Å². The first kappa shape index (κ1) is 21.5. The highest BCUT2D eigenvalue weighted by Gasteiger charge is 2.23. The molecule has 0 bridgehead atoms. The number of hydrogen-bond acceptors (Lipinski definition) is 4. The van der Waals surface area contributed by atoms with Crippen LogP contribution in [0.25, 0.3) is 6.08 Å². The van der Waals surface area contributed by atoms with E-state index >= 15 is 0 Å². The molecule has 0 fully saturated rings. The van der Waals surface area contributed by atoms with Gasteiger partial charge in [-0.3, -0.25) is 9.59 Å². The van der Waals surface area contributed by atoms with Gasteiger partial charge in [-0.25, -0.2) is 0 Å². The van der Waals surface area contributed by atoms with Crippen molar-refractivity contribution in [1.82, 2.24) is 5.32 Å². The third-order valence-electron chi connectivity index (χ3n) is 4.81. The Labute approximate surface area is 190 Å². The molecule has 1 aliphatic heterocycles. The normalized spacial score (nSPS) is 13.7. The fourth-order valence-corrected chi connectivity index (χ4v) is 3.38. The maximum Gasteiger partial charge on any atom is 0.291 e. The first-order valence-corrected chi connectivity index (χ1v) is 10.5. The zero-order valence-corrected chi connectivity index (χ0v) is 18.1. The summed E-state index contributed by atoms with van der Waals surface area (Å²) in [7, 11) is 0. The second kappa shape index (κ2) is 9.58. The zero-order valence-electron chi connectivity index (χ0n) is 17.4. The first-order chi connectivity index (χ1) is 15.5. The van der Waals surface area contributed by atoms with Crippen LogP contribution in [0, 0.1) is 0 Å². The van der Waals surface area contributed by atoms with Gasteiger partial charge in [-0.15, -0.1) is 0 Å². The van der Waals surface area contributed by atoms with Crippen molar-refractivity contribution in [3.05, 3.63) is 94.2 Å². The molecule has 1 heterocycles. The maximum absolute atomic E-state index is 12.6. The Morgan fingerprint density at radius 1 is 1.12 bits per heavy atom. The third kappa shape index (κ3) is 4.92. The van der Waals surface area contributed by atoms with Crippen molar-refractivity contribution < 1.29 is 19.1 Å². The van der Waals surface area contributed by atoms with Crippen LogP contribution in [0.1, 0.15) is 28.4 Å². The van der Waals surface area contributed by atoms with Crippen LogP contribution in [0.4, 0.5) is 5.69 Å². The number of carbonyl (C=O) groups is 2. The molecule has 2 N–H and O–H groups in total. The van der Waals surface area contributed by atoms with Gasteiger partial charge in [0.25, 0.3) is 11.8 Å². The molecule has 0 saturated carbocycles. The Balaban J connectivity index is 1.44. The van der Waals surface area contributed by atoms with Crippen LogP contribution in [-0.4, -0.2) is 18.4 Å². The quantitative estimate of drug-likeness (QED) is 0.518. The van der Waals surface area contributed by atoms with Gasteiger partial charge in [0.2, 0.25) is 0 Å². The molecule has 6 nitrogen and oxygen atoms in total. The van der Waals surface area contributed by atoms with E-state index < -0.39 is 5.91 Å². The highest BCUT2D eigenvalue weighted by molar-refractivity contribution is 6.32. The number of hydrogen-bond donors (Lipinski definition) is 2. The van der Waals surface area contributed by atoms with Crippen LogP contribution in [0.2, 0.25) is 5.02 Å². The number of benzene rings is 3. The number of halogens is 1. The van der Waals surface area contributed by atoms with Crippen molar-refractivity contribution in [1.29, 1.82) is 0 Å². The number of fused-ring (bicyclic) bond motifs is 1. The summed E-state index contributed by atoms with van der Waals surface area (Å²) in [6, 6.07) is 19.6. The molecule has 2 amide bonds. The fraction of sp³-hybridized carbons (Fsp3) is 0.120. The van der Waals surface area contributed by atoms with Crippen molar-refractivity contribution in [3.8, 4) is 11.5 Å². The summed E-state index contributed by atoms with van der Waals surface area (Å²) in [4.78, 5) is 25.1. The number of carbonyl (C=O) groups excluding carboxylic acids is 2. The van der Waals surface area contributed by atoms with Gasteiger partial charge in [-0.05, 0) is 60.5 Å². The van der Waals surface area contributed by atoms with E-state index in [1.807, 2.05) is 43.3 Å². The molecule has 3 aromatic rings.